The molecule has 2 aromatic carbocycles. The van der Waals surface area contributed by atoms with Crippen LogP contribution in [0.4, 0.5) is 0 Å². The number of amides is 1. The zero-order valence-corrected chi connectivity index (χ0v) is 16.9. The average Bonchev–Trinajstić information content (AvgIpc) is 2.65. The first-order valence-electron chi connectivity index (χ1n) is 9.07. The van der Waals surface area contributed by atoms with Gasteiger partial charge in [-0.25, -0.2) is 4.79 Å². The highest BCUT2D eigenvalue weighted by molar-refractivity contribution is 5.94. The normalized spacial score (nSPS) is 12.2. The molecule has 2 aromatic rings. The Morgan fingerprint density at radius 1 is 1.11 bits per heavy atom. The van der Waals surface area contributed by atoms with E-state index in [0.717, 1.165) is 5.56 Å². The fourth-order valence-electron chi connectivity index (χ4n) is 2.72. The molecule has 6 heteroatoms. The number of hydrogen-bond acceptors (Lipinski definition) is 5. The van der Waals surface area contributed by atoms with Gasteiger partial charge in [0.1, 0.15) is 17.1 Å². The predicted octanol–water partition coefficient (Wildman–Crippen LogP) is 3.77. The van der Waals surface area contributed by atoms with Crippen molar-refractivity contribution in [1.82, 2.24) is 4.90 Å². The van der Waals surface area contributed by atoms with Crippen LogP contribution in [0, 0.1) is 0 Å². The van der Waals surface area contributed by atoms with E-state index in [-0.39, 0.29) is 17.2 Å². The van der Waals surface area contributed by atoms with E-state index >= 15 is 0 Å². The molecule has 0 aliphatic heterocycles. The Kier molecular flexibility index (Phi) is 6.67. The van der Waals surface area contributed by atoms with E-state index in [2.05, 4.69) is 0 Å². The summed E-state index contributed by atoms with van der Waals surface area (Å²) in [5, 5.41) is 10.0. The van der Waals surface area contributed by atoms with Crippen molar-refractivity contribution in [3.8, 4) is 11.5 Å². The number of rotatable bonds is 6. The number of phenolic OH excluding ortho intramolecular Hbond substituents is 1. The van der Waals surface area contributed by atoms with Gasteiger partial charge in [0.25, 0.3) is 5.91 Å². The van der Waals surface area contributed by atoms with Crippen LogP contribution in [-0.4, -0.2) is 40.6 Å². The van der Waals surface area contributed by atoms with Crippen molar-refractivity contribution in [2.75, 3.05) is 7.11 Å². The summed E-state index contributed by atoms with van der Waals surface area (Å²) in [5.41, 5.74) is 0.499. The van der Waals surface area contributed by atoms with Gasteiger partial charge in [-0.1, -0.05) is 30.3 Å². The van der Waals surface area contributed by atoms with Gasteiger partial charge in [-0.3, -0.25) is 4.79 Å². The third kappa shape index (κ3) is 5.25. The van der Waals surface area contributed by atoms with Crippen LogP contribution in [0.15, 0.2) is 48.5 Å². The second-order valence-electron chi connectivity index (χ2n) is 7.51. The van der Waals surface area contributed by atoms with E-state index in [1.54, 1.807) is 11.0 Å². The van der Waals surface area contributed by atoms with Crippen LogP contribution in [0.3, 0.4) is 0 Å². The highest BCUT2D eigenvalue weighted by Crippen LogP contribution is 2.25. The molecule has 0 radical (unpaired) electrons. The smallest absolute Gasteiger partial charge is 0.342 e. The molecule has 1 atom stereocenters. The lowest BCUT2D eigenvalue weighted by atomic mass is 10.0. The van der Waals surface area contributed by atoms with Crippen molar-refractivity contribution in [3.63, 3.8) is 0 Å². The molecule has 150 valence electrons. The van der Waals surface area contributed by atoms with Gasteiger partial charge in [0.2, 0.25) is 0 Å². The van der Waals surface area contributed by atoms with Crippen molar-refractivity contribution in [2.45, 2.75) is 45.9 Å². The van der Waals surface area contributed by atoms with Crippen molar-refractivity contribution < 1.29 is 24.2 Å². The van der Waals surface area contributed by atoms with Crippen molar-refractivity contribution in [3.05, 3.63) is 59.7 Å². The molecule has 1 amide bonds. The van der Waals surface area contributed by atoms with Gasteiger partial charge in [-0.15, -0.1) is 0 Å². The van der Waals surface area contributed by atoms with E-state index in [9.17, 15) is 14.7 Å². The Morgan fingerprint density at radius 2 is 1.75 bits per heavy atom. The van der Waals surface area contributed by atoms with Gasteiger partial charge in [0, 0.05) is 18.2 Å². The van der Waals surface area contributed by atoms with Crippen LogP contribution in [-0.2, 0) is 16.1 Å². The largest absolute Gasteiger partial charge is 0.507 e. The average molecular weight is 385 g/mol. The maximum Gasteiger partial charge on any atom is 0.342 e. The molecule has 0 saturated heterocycles. The summed E-state index contributed by atoms with van der Waals surface area (Å²) >= 11 is 0. The first-order chi connectivity index (χ1) is 13.1. The fraction of sp³-hybridized carbons (Fsp3) is 0.364. The SMILES string of the molecule is COc1ccc(C(=O)O[C@H](C)C(=O)N(Cc2ccccc2)C(C)(C)C)c(O)c1. The molecule has 28 heavy (non-hydrogen) atoms. The Hall–Kier alpha value is -3.02. The molecule has 0 saturated carbocycles. The summed E-state index contributed by atoms with van der Waals surface area (Å²) in [4.78, 5) is 27.1. The standard InChI is InChI=1S/C22H27NO5/c1-15(28-21(26)18-12-11-17(27-5)13-19(18)24)20(25)23(22(2,3)4)14-16-9-7-6-8-10-16/h6-13,15,24H,14H2,1-5H3/t15-/m1/s1. The molecule has 0 heterocycles. The van der Waals surface area contributed by atoms with Gasteiger partial charge >= 0.3 is 5.97 Å². The number of phenols is 1. The summed E-state index contributed by atoms with van der Waals surface area (Å²) in [7, 11) is 1.46. The van der Waals surface area contributed by atoms with Gasteiger partial charge in [-0.2, -0.15) is 0 Å². The fourth-order valence-corrected chi connectivity index (χ4v) is 2.72. The summed E-state index contributed by atoms with van der Waals surface area (Å²) in [6.45, 7) is 7.72. The van der Waals surface area contributed by atoms with E-state index < -0.39 is 17.6 Å². The lowest BCUT2D eigenvalue weighted by Crippen LogP contribution is -2.49. The number of aromatic hydroxyl groups is 1. The summed E-state index contributed by atoms with van der Waals surface area (Å²) < 4.78 is 10.3. The number of methoxy groups -OCH3 is 1. The molecule has 0 unspecified atom stereocenters. The molecule has 6 nitrogen and oxygen atoms in total. The Bertz CT molecular complexity index is 827. The minimum Gasteiger partial charge on any atom is -0.507 e. The molecule has 0 bridgehead atoms. The highest BCUT2D eigenvalue weighted by Gasteiger charge is 2.32. The number of esters is 1. The number of carbonyl (C=O) groups excluding carboxylic acids is 2. The van der Waals surface area contributed by atoms with Crippen LogP contribution in [0.2, 0.25) is 0 Å². The maximum absolute atomic E-state index is 13.0. The second kappa shape index (κ2) is 8.78. The molecule has 0 aliphatic carbocycles. The summed E-state index contributed by atoms with van der Waals surface area (Å²) in [5.74, 6) is -0.923. The van der Waals surface area contributed by atoms with E-state index in [0.29, 0.717) is 12.3 Å². The molecule has 0 aliphatic rings. The molecule has 0 fully saturated rings. The summed E-state index contributed by atoms with van der Waals surface area (Å²) in [6, 6.07) is 13.9. The Morgan fingerprint density at radius 3 is 2.29 bits per heavy atom. The van der Waals surface area contributed by atoms with Gasteiger partial charge in [0.05, 0.1) is 7.11 Å². The molecular formula is C22H27NO5. The van der Waals surface area contributed by atoms with Gasteiger partial charge < -0.3 is 19.5 Å². The zero-order valence-electron chi connectivity index (χ0n) is 16.9. The Labute approximate surface area is 165 Å². The van der Waals surface area contributed by atoms with Crippen LogP contribution in [0.5, 0.6) is 11.5 Å². The third-order valence-electron chi connectivity index (χ3n) is 4.32. The molecule has 0 aromatic heterocycles. The highest BCUT2D eigenvalue weighted by atomic mass is 16.5. The van der Waals surface area contributed by atoms with Crippen LogP contribution < -0.4 is 4.74 Å². The number of carbonyl (C=O) groups is 2. The monoisotopic (exact) mass is 385 g/mol. The molecule has 1 N–H and O–H groups in total. The van der Waals surface area contributed by atoms with Crippen LogP contribution >= 0.6 is 0 Å². The minimum atomic E-state index is -1.00. The van der Waals surface area contributed by atoms with Crippen molar-refractivity contribution in [2.24, 2.45) is 0 Å². The van der Waals surface area contributed by atoms with Crippen LogP contribution in [0.25, 0.3) is 0 Å². The maximum atomic E-state index is 13.0. The molecular weight excluding hydrogens is 358 g/mol. The molecule has 2 rings (SSSR count). The summed E-state index contributed by atoms with van der Waals surface area (Å²) in [6.07, 6.45) is -1.00. The zero-order chi connectivity index (χ0) is 20.9. The Balaban J connectivity index is 2.15. The van der Waals surface area contributed by atoms with Gasteiger partial charge in [-0.05, 0) is 45.4 Å². The van der Waals surface area contributed by atoms with Crippen molar-refractivity contribution >= 4 is 11.9 Å². The van der Waals surface area contributed by atoms with Crippen LogP contribution in [0.1, 0.15) is 43.6 Å². The van der Waals surface area contributed by atoms with Gasteiger partial charge in [0.15, 0.2) is 6.10 Å². The number of hydrogen-bond donors (Lipinski definition) is 1. The van der Waals surface area contributed by atoms with E-state index in [1.807, 2.05) is 51.1 Å². The van der Waals surface area contributed by atoms with Crippen molar-refractivity contribution in [1.29, 1.82) is 0 Å². The minimum absolute atomic E-state index is 0.0224. The first-order valence-corrected chi connectivity index (χ1v) is 9.07. The number of ether oxygens (including phenoxy) is 2. The lowest BCUT2D eigenvalue weighted by Gasteiger charge is -2.37. The first kappa shape index (κ1) is 21.3. The quantitative estimate of drug-likeness (QED) is 0.766. The second-order valence-corrected chi connectivity index (χ2v) is 7.51. The topological polar surface area (TPSA) is 76.1 Å². The predicted molar refractivity (Wildman–Crippen MR) is 106 cm³/mol. The third-order valence-corrected chi connectivity index (χ3v) is 4.32. The number of nitrogens with zero attached hydrogens (tertiary/aromatic N) is 1. The lowest BCUT2D eigenvalue weighted by molar-refractivity contribution is -0.145. The van der Waals surface area contributed by atoms with E-state index in [4.69, 9.17) is 9.47 Å². The number of benzene rings is 2. The van der Waals surface area contributed by atoms with E-state index in [1.165, 1.54) is 26.2 Å². The molecule has 0 spiro atoms.